The minimum absolute atomic E-state index is 0.271. The van der Waals surface area contributed by atoms with E-state index >= 15 is 0 Å². The van der Waals surface area contributed by atoms with Crippen molar-refractivity contribution in [3.8, 4) is 0 Å². The topological polar surface area (TPSA) is 65.7 Å². The number of oxazole rings is 1. The molecule has 0 saturated carbocycles. The average Bonchev–Trinajstić information content (AvgIpc) is 3.31. The summed E-state index contributed by atoms with van der Waals surface area (Å²) in [4.78, 5) is 13.1. The maximum Gasteiger partial charge on any atom is 0.208 e. The molecule has 0 amide bonds. The number of nitrogens with zero attached hydrogens (tertiary/aromatic N) is 3. The van der Waals surface area contributed by atoms with Gasteiger partial charge in [0.25, 0.3) is 0 Å². The van der Waals surface area contributed by atoms with Gasteiger partial charge in [-0.1, -0.05) is 6.07 Å². The number of rotatable bonds is 7. The summed E-state index contributed by atoms with van der Waals surface area (Å²) in [6, 6.07) is 4.53. The zero-order valence-corrected chi connectivity index (χ0v) is 18.3. The predicted molar refractivity (Wildman–Crippen MR) is 116 cm³/mol. The number of piperidine rings is 1. The van der Waals surface area contributed by atoms with Gasteiger partial charge in [0.2, 0.25) is 5.89 Å². The van der Waals surface area contributed by atoms with Crippen LogP contribution in [0.15, 0.2) is 26.9 Å². The summed E-state index contributed by atoms with van der Waals surface area (Å²) in [6.07, 6.45) is 2.34. The molecule has 7 heteroatoms. The summed E-state index contributed by atoms with van der Waals surface area (Å²) in [5.74, 6) is 3.32. The maximum atomic E-state index is 5.73. The Bertz CT molecular complexity index is 727. The molecule has 2 aromatic heterocycles. The Morgan fingerprint density at radius 3 is 2.79 bits per heavy atom. The largest absolute Gasteiger partial charge is 0.444 e. The molecule has 3 heterocycles. The fourth-order valence-electron chi connectivity index (χ4n) is 3.48. The Morgan fingerprint density at radius 2 is 2.18 bits per heavy atom. The minimum Gasteiger partial charge on any atom is -0.444 e. The van der Waals surface area contributed by atoms with Crippen LogP contribution in [0.5, 0.6) is 0 Å². The lowest BCUT2D eigenvalue weighted by molar-refractivity contribution is 0.166. The minimum atomic E-state index is 0.271. The SMILES string of the molecule is CCNC(=NCC1CCN(Cc2nc(C)c(C)o2)CC1)NC(C)c1cccs1. The Labute approximate surface area is 172 Å². The molecule has 3 rings (SSSR count). The van der Waals surface area contributed by atoms with Crippen molar-refractivity contribution in [2.45, 2.75) is 53.1 Å². The lowest BCUT2D eigenvalue weighted by atomic mass is 9.97. The van der Waals surface area contributed by atoms with Crippen LogP contribution >= 0.6 is 11.3 Å². The third kappa shape index (κ3) is 5.82. The molecule has 1 unspecified atom stereocenters. The molecule has 1 aliphatic heterocycles. The molecule has 0 bridgehead atoms. The fourth-order valence-corrected chi connectivity index (χ4v) is 4.21. The quantitative estimate of drug-likeness (QED) is 0.542. The van der Waals surface area contributed by atoms with Crippen LogP contribution in [0.25, 0.3) is 0 Å². The van der Waals surface area contributed by atoms with Crippen LogP contribution in [0.1, 0.15) is 55.0 Å². The van der Waals surface area contributed by atoms with Gasteiger partial charge >= 0.3 is 0 Å². The van der Waals surface area contributed by atoms with Crippen molar-refractivity contribution in [3.63, 3.8) is 0 Å². The number of thiophene rings is 1. The lowest BCUT2D eigenvalue weighted by Crippen LogP contribution is -2.39. The van der Waals surface area contributed by atoms with E-state index in [0.29, 0.717) is 5.92 Å². The van der Waals surface area contributed by atoms with E-state index < -0.39 is 0 Å². The smallest absolute Gasteiger partial charge is 0.208 e. The summed E-state index contributed by atoms with van der Waals surface area (Å²) >= 11 is 1.78. The molecule has 0 spiro atoms. The molecule has 2 N–H and O–H groups in total. The van der Waals surface area contributed by atoms with E-state index in [2.05, 4.69) is 51.9 Å². The first-order valence-corrected chi connectivity index (χ1v) is 11.2. The summed E-state index contributed by atoms with van der Waals surface area (Å²) in [6.45, 7) is 13.0. The number of aryl methyl sites for hydroxylation is 2. The highest BCUT2D eigenvalue weighted by Crippen LogP contribution is 2.21. The van der Waals surface area contributed by atoms with Crippen molar-refractivity contribution < 1.29 is 4.42 Å². The van der Waals surface area contributed by atoms with Crippen molar-refractivity contribution in [1.82, 2.24) is 20.5 Å². The Kier molecular flexibility index (Phi) is 7.50. The Hall–Kier alpha value is -1.86. The average molecular weight is 404 g/mol. The van der Waals surface area contributed by atoms with Crippen LogP contribution in [0.3, 0.4) is 0 Å². The zero-order chi connectivity index (χ0) is 19.9. The van der Waals surface area contributed by atoms with Crippen LogP contribution in [-0.4, -0.2) is 42.0 Å². The molecule has 154 valence electrons. The van der Waals surface area contributed by atoms with E-state index in [1.54, 1.807) is 11.3 Å². The molecule has 0 aromatic carbocycles. The highest BCUT2D eigenvalue weighted by molar-refractivity contribution is 7.10. The van der Waals surface area contributed by atoms with Crippen molar-refractivity contribution in [1.29, 1.82) is 0 Å². The number of likely N-dealkylation sites (tertiary alicyclic amines) is 1. The van der Waals surface area contributed by atoms with Gasteiger partial charge in [-0.15, -0.1) is 11.3 Å². The van der Waals surface area contributed by atoms with Gasteiger partial charge in [-0.2, -0.15) is 0 Å². The van der Waals surface area contributed by atoms with Gasteiger partial charge in [0.1, 0.15) is 5.76 Å². The van der Waals surface area contributed by atoms with E-state index in [0.717, 1.165) is 56.0 Å². The molecular formula is C21H33N5OS. The van der Waals surface area contributed by atoms with Gasteiger partial charge in [0.15, 0.2) is 5.96 Å². The van der Waals surface area contributed by atoms with Crippen molar-refractivity contribution in [2.75, 3.05) is 26.2 Å². The molecule has 1 fully saturated rings. The van der Waals surface area contributed by atoms with Gasteiger partial charge in [0, 0.05) is 18.0 Å². The second-order valence-electron chi connectivity index (χ2n) is 7.57. The first-order valence-electron chi connectivity index (χ1n) is 10.3. The van der Waals surface area contributed by atoms with Crippen molar-refractivity contribution in [3.05, 3.63) is 39.7 Å². The van der Waals surface area contributed by atoms with Crippen LogP contribution in [0.4, 0.5) is 0 Å². The maximum absolute atomic E-state index is 5.73. The Morgan fingerprint density at radius 1 is 1.39 bits per heavy atom. The zero-order valence-electron chi connectivity index (χ0n) is 17.5. The van der Waals surface area contributed by atoms with E-state index in [1.165, 1.54) is 17.7 Å². The summed E-state index contributed by atoms with van der Waals surface area (Å²) in [7, 11) is 0. The third-order valence-electron chi connectivity index (χ3n) is 5.31. The number of hydrogen-bond acceptors (Lipinski definition) is 5. The highest BCUT2D eigenvalue weighted by Gasteiger charge is 2.21. The van der Waals surface area contributed by atoms with Gasteiger partial charge in [-0.05, 0) is 71.0 Å². The molecule has 1 saturated heterocycles. The third-order valence-corrected chi connectivity index (χ3v) is 6.37. The first kappa shape index (κ1) is 20.9. The second kappa shape index (κ2) is 10.1. The molecule has 28 heavy (non-hydrogen) atoms. The molecular weight excluding hydrogens is 370 g/mol. The summed E-state index contributed by atoms with van der Waals surface area (Å²) in [5.41, 5.74) is 0.999. The molecule has 0 aliphatic carbocycles. The number of hydrogen-bond donors (Lipinski definition) is 2. The number of aliphatic imine (C=N–C) groups is 1. The van der Waals surface area contributed by atoms with Crippen molar-refractivity contribution >= 4 is 17.3 Å². The second-order valence-corrected chi connectivity index (χ2v) is 8.55. The summed E-state index contributed by atoms with van der Waals surface area (Å²) in [5, 5.41) is 9.02. The number of aromatic nitrogens is 1. The van der Waals surface area contributed by atoms with Gasteiger partial charge in [-0.25, -0.2) is 4.98 Å². The van der Waals surface area contributed by atoms with Gasteiger partial charge in [-0.3, -0.25) is 9.89 Å². The van der Waals surface area contributed by atoms with Gasteiger partial charge < -0.3 is 15.1 Å². The van der Waals surface area contributed by atoms with Gasteiger partial charge in [0.05, 0.1) is 18.3 Å². The molecule has 1 aliphatic rings. The molecule has 0 radical (unpaired) electrons. The van der Waals surface area contributed by atoms with Crippen LogP contribution in [-0.2, 0) is 6.54 Å². The van der Waals surface area contributed by atoms with E-state index in [-0.39, 0.29) is 6.04 Å². The van der Waals surface area contributed by atoms with Crippen LogP contribution in [0, 0.1) is 19.8 Å². The lowest BCUT2D eigenvalue weighted by Gasteiger charge is -2.30. The first-order chi connectivity index (χ1) is 13.5. The predicted octanol–water partition coefficient (Wildman–Crippen LogP) is 3.88. The Balaban J connectivity index is 1.46. The van der Waals surface area contributed by atoms with E-state index in [1.807, 2.05) is 13.8 Å². The number of guanidine groups is 1. The van der Waals surface area contributed by atoms with Crippen molar-refractivity contribution in [2.24, 2.45) is 10.9 Å². The molecule has 6 nitrogen and oxygen atoms in total. The normalized spacial score (nSPS) is 17.6. The number of nitrogens with one attached hydrogen (secondary N) is 2. The monoisotopic (exact) mass is 403 g/mol. The fraction of sp³-hybridized carbons (Fsp3) is 0.619. The van der Waals surface area contributed by atoms with Crippen LogP contribution in [0.2, 0.25) is 0 Å². The highest BCUT2D eigenvalue weighted by atomic mass is 32.1. The molecule has 2 aromatic rings. The van der Waals surface area contributed by atoms with Crippen LogP contribution < -0.4 is 10.6 Å². The standard InChI is InChI=1S/C21H33N5OS/c1-5-22-21(25-16(3)19-7-6-12-28-19)23-13-18-8-10-26(11-9-18)14-20-24-15(2)17(4)27-20/h6-7,12,16,18H,5,8-11,13-14H2,1-4H3,(H2,22,23,25). The molecule has 1 atom stereocenters. The van der Waals surface area contributed by atoms with E-state index in [9.17, 15) is 0 Å². The summed E-state index contributed by atoms with van der Waals surface area (Å²) < 4.78 is 5.73. The van der Waals surface area contributed by atoms with E-state index in [4.69, 9.17) is 9.41 Å².